The largest absolute Gasteiger partial charge is 0.438 e. The fourth-order valence-electron chi connectivity index (χ4n) is 3.20. The summed E-state index contributed by atoms with van der Waals surface area (Å²) < 4.78 is 6.60. The van der Waals surface area contributed by atoms with Crippen molar-refractivity contribution in [1.29, 1.82) is 0 Å². The highest BCUT2D eigenvalue weighted by molar-refractivity contribution is 7.13. The summed E-state index contributed by atoms with van der Waals surface area (Å²) in [5.41, 5.74) is 0. The number of carbonyl (C=O) groups excluding carboxylic acids is 1. The van der Waals surface area contributed by atoms with Crippen molar-refractivity contribution in [2.24, 2.45) is 5.92 Å². The van der Waals surface area contributed by atoms with Crippen LogP contribution in [0, 0.1) is 5.92 Å². The highest BCUT2D eigenvalue weighted by atomic mass is 32.1. The Morgan fingerprint density at radius 3 is 2.68 bits per heavy atom. The van der Waals surface area contributed by atoms with Gasteiger partial charge in [0.15, 0.2) is 0 Å². The Morgan fingerprint density at radius 2 is 2.08 bits per heavy atom. The van der Waals surface area contributed by atoms with Gasteiger partial charge in [0.1, 0.15) is 6.67 Å². The first kappa shape index (κ1) is 17.9. The van der Waals surface area contributed by atoms with Crippen LogP contribution < -0.4 is 5.76 Å². The minimum Gasteiger partial charge on any atom is -0.387 e. The molecule has 2 aromatic rings. The maximum Gasteiger partial charge on any atom is 0.438 e. The first-order valence-electron chi connectivity index (χ1n) is 8.75. The zero-order valence-corrected chi connectivity index (χ0v) is 15.5. The Balaban J connectivity index is 1.58. The molecule has 0 bridgehead atoms. The molecule has 1 fully saturated rings. The summed E-state index contributed by atoms with van der Waals surface area (Å²) in [7, 11) is 0. The van der Waals surface area contributed by atoms with Gasteiger partial charge in [0.2, 0.25) is 5.91 Å². The van der Waals surface area contributed by atoms with Gasteiger partial charge >= 0.3 is 5.76 Å². The van der Waals surface area contributed by atoms with E-state index < -0.39 is 5.76 Å². The van der Waals surface area contributed by atoms with Gasteiger partial charge in [0.25, 0.3) is 5.89 Å². The predicted molar refractivity (Wildman–Crippen MR) is 96.3 cm³/mol. The van der Waals surface area contributed by atoms with Gasteiger partial charge in [-0.15, -0.1) is 16.4 Å². The van der Waals surface area contributed by atoms with E-state index in [1.165, 1.54) is 16.0 Å². The van der Waals surface area contributed by atoms with Crippen LogP contribution in [0.2, 0.25) is 0 Å². The molecule has 1 aliphatic heterocycles. The molecule has 0 N–H and O–H groups in total. The van der Waals surface area contributed by atoms with Crippen LogP contribution in [0.4, 0.5) is 0 Å². The van der Waals surface area contributed by atoms with Crippen LogP contribution in [0.5, 0.6) is 0 Å². The number of amides is 1. The van der Waals surface area contributed by atoms with Crippen molar-refractivity contribution in [1.82, 2.24) is 19.6 Å². The first-order valence-corrected chi connectivity index (χ1v) is 9.63. The summed E-state index contributed by atoms with van der Waals surface area (Å²) in [6, 6.07) is 3.78. The maximum absolute atomic E-state index is 12.4. The van der Waals surface area contributed by atoms with Gasteiger partial charge in [0, 0.05) is 32.1 Å². The standard InChI is InChI=1S/C17H24N4O3S/c1-3-20(4-2)16(22)13-7-9-19(10-8-13)12-21-17(23)24-15(18-21)14-6-5-11-25-14/h5-6,11,13H,3-4,7-10,12H2,1-2H3. The second-order valence-electron chi connectivity index (χ2n) is 6.19. The lowest BCUT2D eigenvalue weighted by Crippen LogP contribution is -2.43. The molecule has 136 valence electrons. The zero-order valence-electron chi connectivity index (χ0n) is 14.7. The van der Waals surface area contributed by atoms with Gasteiger partial charge in [-0.2, -0.15) is 4.68 Å². The number of thiophene rings is 1. The monoisotopic (exact) mass is 364 g/mol. The van der Waals surface area contributed by atoms with E-state index in [2.05, 4.69) is 10.00 Å². The van der Waals surface area contributed by atoms with Crippen LogP contribution in [0.1, 0.15) is 26.7 Å². The molecule has 0 aliphatic carbocycles. The fourth-order valence-corrected chi connectivity index (χ4v) is 3.84. The summed E-state index contributed by atoms with van der Waals surface area (Å²) in [4.78, 5) is 29.3. The molecule has 3 rings (SSSR count). The van der Waals surface area contributed by atoms with Gasteiger partial charge in [-0.05, 0) is 38.1 Å². The van der Waals surface area contributed by atoms with Crippen LogP contribution >= 0.6 is 11.3 Å². The molecule has 0 saturated carbocycles. The molecular formula is C17H24N4O3S. The van der Waals surface area contributed by atoms with Gasteiger partial charge < -0.3 is 9.32 Å². The van der Waals surface area contributed by atoms with Crippen LogP contribution in [-0.4, -0.2) is 51.7 Å². The maximum atomic E-state index is 12.4. The molecule has 0 spiro atoms. The van der Waals surface area contributed by atoms with E-state index in [0.29, 0.717) is 12.6 Å². The normalized spacial score (nSPS) is 16.2. The zero-order chi connectivity index (χ0) is 17.8. The van der Waals surface area contributed by atoms with Gasteiger partial charge in [-0.3, -0.25) is 9.69 Å². The highest BCUT2D eigenvalue weighted by Gasteiger charge is 2.28. The third-order valence-electron chi connectivity index (χ3n) is 4.68. The molecule has 8 heteroatoms. The van der Waals surface area contributed by atoms with Crippen LogP contribution in [0.15, 0.2) is 26.7 Å². The first-order chi connectivity index (χ1) is 12.1. The highest BCUT2D eigenvalue weighted by Crippen LogP contribution is 2.22. The van der Waals surface area contributed by atoms with Crippen LogP contribution in [-0.2, 0) is 11.5 Å². The minimum absolute atomic E-state index is 0.0897. The van der Waals surface area contributed by atoms with Crippen molar-refractivity contribution in [3.05, 3.63) is 28.1 Å². The molecule has 7 nitrogen and oxygen atoms in total. The number of carbonyl (C=O) groups is 1. The van der Waals surface area contributed by atoms with Crippen molar-refractivity contribution in [2.45, 2.75) is 33.4 Å². The summed E-state index contributed by atoms with van der Waals surface area (Å²) in [5, 5.41) is 6.21. The molecule has 2 aromatic heterocycles. The number of rotatable bonds is 6. The summed E-state index contributed by atoms with van der Waals surface area (Å²) in [6.07, 6.45) is 1.64. The summed E-state index contributed by atoms with van der Waals surface area (Å²) in [6.45, 7) is 7.51. The van der Waals surface area contributed by atoms with Crippen molar-refractivity contribution in [3.8, 4) is 10.8 Å². The molecule has 0 radical (unpaired) electrons. The Bertz CT molecular complexity index is 740. The van der Waals surface area contributed by atoms with E-state index in [4.69, 9.17) is 4.42 Å². The van der Waals surface area contributed by atoms with Crippen LogP contribution in [0.3, 0.4) is 0 Å². The number of hydrogen-bond donors (Lipinski definition) is 0. The van der Waals surface area contributed by atoms with E-state index in [-0.39, 0.29) is 11.8 Å². The van der Waals surface area contributed by atoms with E-state index in [0.717, 1.165) is 43.9 Å². The molecular weight excluding hydrogens is 340 g/mol. The van der Waals surface area contributed by atoms with Crippen molar-refractivity contribution >= 4 is 17.2 Å². The lowest BCUT2D eigenvalue weighted by molar-refractivity contribution is -0.136. The number of piperidine rings is 1. The minimum atomic E-state index is -0.440. The summed E-state index contributed by atoms with van der Waals surface area (Å²) in [5.74, 6) is 0.270. The second-order valence-corrected chi connectivity index (χ2v) is 7.14. The molecule has 1 aliphatic rings. The number of aromatic nitrogens is 2. The van der Waals surface area contributed by atoms with Gasteiger partial charge in [-0.1, -0.05) is 6.07 Å². The lowest BCUT2D eigenvalue weighted by Gasteiger charge is -2.33. The van der Waals surface area contributed by atoms with Gasteiger partial charge in [0.05, 0.1) is 4.88 Å². The topological polar surface area (TPSA) is 71.6 Å². The van der Waals surface area contributed by atoms with E-state index in [1.54, 1.807) is 0 Å². The van der Waals surface area contributed by atoms with Crippen molar-refractivity contribution in [2.75, 3.05) is 26.2 Å². The molecule has 25 heavy (non-hydrogen) atoms. The predicted octanol–water partition coefficient (Wildman–Crippen LogP) is 2.10. The summed E-state index contributed by atoms with van der Waals surface area (Å²) >= 11 is 1.49. The SMILES string of the molecule is CCN(CC)C(=O)C1CCN(Cn2nc(-c3cccs3)oc2=O)CC1. The Hall–Kier alpha value is -1.93. The smallest absolute Gasteiger partial charge is 0.387 e. The lowest BCUT2D eigenvalue weighted by atomic mass is 9.95. The number of hydrogen-bond acceptors (Lipinski definition) is 6. The Kier molecular flexibility index (Phi) is 5.70. The molecule has 0 unspecified atom stereocenters. The quantitative estimate of drug-likeness (QED) is 0.785. The second kappa shape index (κ2) is 7.97. The van der Waals surface area contributed by atoms with E-state index >= 15 is 0 Å². The average Bonchev–Trinajstić information content (AvgIpc) is 3.27. The molecule has 0 aromatic carbocycles. The molecule has 0 atom stereocenters. The van der Waals surface area contributed by atoms with E-state index in [9.17, 15) is 9.59 Å². The fraction of sp³-hybridized carbons (Fsp3) is 0.588. The van der Waals surface area contributed by atoms with E-state index in [1.807, 2.05) is 36.3 Å². The van der Waals surface area contributed by atoms with Gasteiger partial charge in [-0.25, -0.2) is 4.79 Å². The third-order valence-corrected chi connectivity index (χ3v) is 5.54. The third kappa shape index (κ3) is 4.01. The molecule has 3 heterocycles. The number of nitrogens with zero attached hydrogens (tertiary/aromatic N) is 4. The molecule has 1 saturated heterocycles. The molecule has 1 amide bonds. The Morgan fingerprint density at radius 1 is 1.36 bits per heavy atom. The number of likely N-dealkylation sites (tertiary alicyclic amines) is 1. The average molecular weight is 364 g/mol. The van der Waals surface area contributed by atoms with Crippen molar-refractivity contribution in [3.63, 3.8) is 0 Å². The Labute approximate surface area is 150 Å². The van der Waals surface area contributed by atoms with Crippen LogP contribution in [0.25, 0.3) is 10.8 Å². The van der Waals surface area contributed by atoms with Crippen molar-refractivity contribution < 1.29 is 9.21 Å².